The predicted octanol–water partition coefficient (Wildman–Crippen LogP) is 6.32. The molecule has 1 aromatic heterocycles. The Hall–Kier alpha value is -3.38. The van der Waals surface area contributed by atoms with Crippen LogP contribution in [0.25, 0.3) is 16.6 Å². The Morgan fingerprint density at radius 1 is 0.967 bits per heavy atom. The van der Waals surface area contributed by atoms with Crippen molar-refractivity contribution in [1.82, 2.24) is 4.57 Å². The summed E-state index contributed by atoms with van der Waals surface area (Å²) in [6, 6.07) is 14.7. The Labute approximate surface area is 177 Å². The van der Waals surface area contributed by atoms with Gasteiger partial charge in [0.25, 0.3) is 0 Å². The first-order valence-corrected chi connectivity index (χ1v) is 9.64. The maximum Gasteiger partial charge on any atom is 0.207 e. The van der Waals surface area contributed by atoms with E-state index in [0.717, 1.165) is 12.1 Å². The first-order chi connectivity index (χ1) is 14.4. The number of nitrogens with two attached hydrogens (primary N) is 1. The summed E-state index contributed by atoms with van der Waals surface area (Å²) in [5, 5.41) is 0.427. The SMILES string of the molecule is CC.Nc1ccc(Oc2ccc(F)cc2F)c(-n2cc(Cl)c(=O)c3ccccc32)c1. The highest BCUT2D eigenvalue weighted by atomic mass is 35.5. The van der Waals surface area contributed by atoms with Gasteiger partial charge in [-0.15, -0.1) is 0 Å². The number of nitrogen functional groups attached to an aromatic ring is 1. The van der Waals surface area contributed by atoms with Gasteiger partial charge in [0.1, 0.15) is 10.8 Å². The van der Waals surface area contributed by atoms with E-state index >= 15 is 0 Å². The van der Waals surface area contributed by atoms with Crippen molar-refractivity contribution in [1.29, 1.82) is 0 Å². The lowest BCUT2D eigenvalue weighted by molar-refractivity contribution is 0.436. The molecule has 0 amide bonds. The van der Waals surface area contributed by atoms with Gasteiger partial charge in [-0.25, -0.2) is 8.78 Å². The molecule has 0 radical (unpaired) electrons. The highest BCUT2D eigenvalue weighted by molar-refractivity contribution is 6.31. The normalized spacial score (nSPS) is 10.4. The van der Waals surface area contributed by atoms with Gasteiger partial charge in [-0.1, -0.05) is 37.6 Å². The molecule has 0 atom stereocenters. The molecule has 0 fully saturated rings. The zero-order valence-corrected chi connectivity index (χ0v) is 17.1. The monoisotopic (exact) mass is 428 g/mol. The van der Waals surface area contributed by atoms with E-state index in [4.69, 9.17) is 22.1 Å². The Bertz CT molecular complexity index is 1270. The largest absolute Gasteiger partial charge is 0.452 e. The lowest BCUT2D eigenvalue weighted by atomic mass is 10.2. The number of benzene rings is 3. The minimum absolute atomic E-state index is 0.0139. The molecule has 0 saturated carbocycles. The topological polar surface area (TPSA) is 57.2 Å². The predicted molar refractivity (Wildman–Crippen MR) is 117 cm³/mol. The van der Waals surface area contributed by atoms with Gasteiger partial charge in [-0.05, 0) is 42.5 Å². The van der Waals surface area contributed by atoms with Crippen LogP contribution in [0.5, 0.6) is 11.5 Å². The third kappa shape index (κ3) is 4.14. The van der Waals surface area contributed by atoms with E-state index in [-0.39, 0.29) is 22.0 Å². The summed E-state index contributed by atoms with van der Waals surface area (Å²) in [5.41, 5.74) is 7.08. The first kappa shape index (κ1) is 21.3. The number of fused-ring (bicyclic) bond motifs is 1. The third-order valence-corrected chi connectivity index (χ3v) is 4.49. The number of halogens is 3. The maximum atomic E-state index is 14.1. The number of anilines is 1. The molecule has 0 aliphatic carbocycles. The van der Waals surface area contributed by atoms with Crippen molar-refractivity contribution >= 4 is 28.2 Å². The maximum absolute atomic E-state index is 14.1. The second kappa shape index (κ2) is 8.97. The fraction of sp³-hybridized carbons (Fsp3) is 0.0870. The molecule has 4 aromatic rings. The van der Waals surface area contributed by atoms with Crippen LogP contribution in [0, 0.1) is 11.6 Å². The molecule has 0 saturated heterocycles. The van der Waals surface area contributed by atoms with Gasteiger partial charge in [-0.3, -0.25) is 4.79 Å². The summed E-state index contributed by atoms with van der Waals surface area (Å²) in [6.07, 6.45) is 1.45. The molecule has 2 N–H and O–H groups in total. The van der Waals surface area contributed by atoms with Crippen LogP contribution < -0.4 is 15.9 Å². The van der Waals surface area contributed by atoms with Gasteiger partial charge in [0, 0.05) is 23.3 Å². The number of para-hydroxylation sites is 1. The summed E-state index contributed by atoms with van der Waals surface area (Å²) in [7, 11) is 0. The van der Waals surface area contributed by atoms with E-state index in [9.17, 15) is 13.6 Å². The fourth-order valence-electron chi connectivity index (χ4n) is 2.93. The van der Waals surface area contributed by atoms with Crippen LogP contribution in [0.4, 0.5) is 14.5 Å². The molecule has 30 heavy (non-hydrogen) atoms. The van der Waals surface area contributed by atoms with E-state index in [1.54, 1.807) is 47.0 Å². The highest BCUT2D eigenvalue weighted by Gasteiger charge is 2.15. The molecule has 0 spiro atoms. The van der Waals surface area contributed by atoms with Crippen molar-refractivity contribution in [3.8, 4) is 17.2 Å². The third-order valence-electron chi connectivity index (χ3n) is 4.22. The highest BCUT2D eigenvalue weighted by Crippen LogP contribution is 2.33. The van der Waals surface area contributed by atoms with Crippen molar-refractivity contribution in [2.75, 3.05) is 5.73 Å². The van der Waals surface area contributed by atoms with Crippen molar-refractivity contribution < 1.29 is 13.5 Å². The van der Waals surface area contributed by atoms with E-state index < -0.39 is 11.6 Å². The number of rotatable bonds is 3. The summed E-state index contributed by atoms with van der Waals surface area (Å²) in [5.74, 6) is -1.44. The molecule has 154 valence electrons. The number of hydrogen-bond acceptors (Lipinski definition) is 3. The van der Waals surface area contributed by atoms with E-state index in [0.29, 0.717) is 22.3 Å². The van der Waals surface area contributed by atoms with Gasteiger partial charge in [-0.2, -0.15) is 0 Å². The van der Waals surface area contributed by atoms with E-state index in [1.165, 1.54) is 12.3 Å². The minimum Gasteiger partial charge on any atom is -0.452 e. The van der Waals surface area contributed by atoms with E-state index in [1.807, 2.05) is 13.8 Å². The Balaban J connectivity index is 0.00000124. The Morgan fingerprint density at radius 3 is 2.40 bits per heavy atom. The lowest BCUT2D eigenvalue weighted by Crippen LogP contribution is -2.09. The Kier molecular flexibility index (Phi) is 6.37. The molecular weight excluding hydrogens is 410 g/mol. The second-order valence-corrected chi connectivity index (χ2v) is 6.50. The number of nitrogens with zero attached hydrogens (tertiary/aromatic N) is 1. The van der Waals surface area contributed by atoms with Crippen LogP contribution >= 0.6 is 11.6 Å². The molecule has 0 unspecified atom stereocenters. The van der Waals surface area contributed by atoms with E-state index in [2.05, 4.69) is 0 Å². The summed E-state index contributed by atoms with van der Waals surface area (Å²) < 4.78 is 34.6. The van der Waals surface area contributed by atoms with Crippen LogP contribution in [-0.4, -0.2) is 4.57 Å². The van der Waals surface area contributed by atoms with Gasteiger partial charge in [0.05, 0.1) is 11.2 Å². The number of aromatic nitrogens is 1. The molecule has 0 aliphatic rings. The zero-order valence-electron chi connectivity index (χ0n) is 16.3. The molecule has 3 aromatic carbocycles. The van der Waals surface area contributed by atoms with Crippen LogP contribution in [0.2, 0.25) is 5.02 Å². The lowest BCUT2D eigenvalue weighted by Gasteiger charge is -2.17. The summed E-state index contributed by atoms with van der Waals surface area (Å²) >= 11 is 6.13. The van der Waals surface area contributed by atoms with Gasteiger partial charge in [0.15, 0.2) is 17.3 Å². The fourth-order valence-corrected chi connectivity index (χ4v) is 3.13. The summed E-state index contributed by atoms with van der Waals surface area (Å²) in [4.78, 5) is 12.3. The van der Waals surface area contributed by atoms with Crippen molar-refractivity contribution in [2.45, 2.75) is 13.8 Å². The molecular formula is C23H19ClF2N2O2. The van der Waals surface area contributed by atoms with Crippen LogP contribution in [0.15, 0.2) is 71.7 Å². The average Bonchev–Trinajstić information content (AvgIpc) is 2.75. The molecule has 4 nitrogen and oxygen atoms in total. The number of pyridine rings is 1. The van der Waals surface area contributed by atoms with Gasteiger partial charge < -0.3 is 15.0 Å². The Morgan fingerprint density at radius 2 is 1.67 bits per heavy atom. The van der Waals surface area contributed by atoms with Crippen molar-refractivity contribution in [2.24, 2.45) is 0 Å². The quantitative estimate of drug-likeness (QED) is 0.388. The smallest absolute Gasteiger partial charge is 0.207 e. The standard InChI is InChI=1S/C21H13ClF2N2O2.C2H6/c22-15-11-26(17-4-2-1-3-14(17)21(15)27)18-10-13(25)6-8-20(18)28-19-7-5-12(23)9-16(19)24;1-2/h1-11H,25H2;1-2H3. The first-order valence-electron chi connectivity index (χ1n) is 9.27. The summed E-state index contributed by atoms with van der Waals surface area (Å²) in [6.45, 7) is 4.00. The van der Waals surface area contributed by atoms with Crippen molar-refractivity contribution in [3.05, 3.63) is 93.7 Å². The average molecular weight is 429 g/mol. The molecule has 0 bridgehead atoms. The molecule has 7 heteroatoms. The van der Waals surface area contributed by atoms with Gasteiger partial charge >= 0.3 is 0 Å². The molecule has 0 aliphatic heterocycles. The van der Waals surface area contributed by atoms with Gasteiger partial charge in [0.2, 0.25) is 5.43 Å². The minimum atomic E-state index is -0.842. The van der Waals surface area contributed by atoms with Crippen LogP contribution in [-0.2, 0) is 0 Å². The van der Waals surface area contributed by atoms with Crippen molar-refractivity contribution in [3.63, 3.8) is 0 Å². The van der Waals surface area contributed by atoms with Crippen LogP contribution in [0.3, 0.4) is 0 Å². The number of ether oxygens (including phenoxy) is 1. The molecule has 1 heterocycles. The number of hydrogen-bond donors (Lipinski definition) is 1. The molecule has 4 rings (SSSR count). The van der Waals surface area contributed by atoms with Crippen LogP contribution in [0.1, 0.15) is 13.8 Å². The second-order valence-electron chi connectivity index (χ2n) is 6.10. The zero-order chi connectivity index (χ0) is 21.8.